The number of amides is 1. The van der Waals surface area contributed by atoms with Gasteiger partial charge in [-0.05, 0) is 18.4 Å². The van der Waals surface area contributed by atoms with Crippen LogP contribution in [-0.4, -0.2) is 12.7 Å². The van der Waals surface area contributed by atoms with Gasteiger partial charge in [-0.15, -0.1) is 0 Å². The molecule has 0 unspecified atom stereocenters. The molecule has 0 saturated heterocycles. The van der Waals surface area contributed by atoms with Crippen LogP contribution < -0.4 is 5.73 Å². The molecule has 0 aliphatic rings. The predicted molar refractivity (Wildman–Crippen MR) is 50.3 cm³/mol. The molecule has 0 atom stereocenters. The Kier molecular flexibility index (Phi) is 6.08. The predicted octanol–water partition coefficient (Wildman–Crippen LogP) is 1.71. The van der Waals surface area contributed by atoms with Crippen molar-refractivity contribution in [1.29, 1.82) is 0 Å². The zero-order chi connectivity index (χ0) is 9.52. The van der Waals surface area contributed by atoms with E-state index in [1.807, 2.05) is 30.3 Å². The van der Waals surface area contributed by atoms with Crippen molar-refractivity contribution in [3.05, 3.63) is 35.9 Å². The molecule has 0 radical (unpaired) electrons. The van der Waals surface area contributed by atoms with Crippen molar-refractivity contribution in [2.75, 3.05) is 6.61 Å². The van der Waals surface area contributed by atoms with Gasteiger partial charge in [0.1, 0.15) is 0 Å². The zero-order valence-corrected chi connectivity index (χ0v) is 7.76. The summed E-state index contributed by atoms with van der Waals surface area (Å²) in [6.07, 6.45) is 1.02. The first kappa shape index (κ1) is 12.4. The number of aryl methyl sites for hydroxylation is 1. The Morgan fingerprint density at radius 2 is 1.93 bits per heavy atom. The standard InChI is InChI=1S/C10H13NO2.Ne/c11-10(12)13-8-4-7-9-5-2-1-3-6-9;/h1-3,5-6H,4,7-8H2,(H2,11,12);. The number of primary amides is 1. The van der Waals surface area contributed by atoms with Crippen molar-refractivity contribution < 1.29 is 15.7 Å². The number of benzene rings is 1. The Labute approximate surface area is 83.6 Å². The van der Waals surface area contributed by atoms with Crippen molar-refractivity contribution in [3.63, 3.8) is 0 Å². The Bertz CT molecular complexity index is 264. The summed E-state index contributed by atoms with van der Waals surface area (Å²) >= 11 is 0. The van der Waals surface area contributed by atoms with E-state index >= 15 is 0 Å². The Morgan fingerprint density at radius 3 is 2.50 bits per heavy atom. The van der Waals surface area contributed by atoms with Crippen molar-refractivity contribution in [1.82, 2.24) is 0 Å². The second-order valence-corrected chi connectivity index (χ2v) is 2.76. The van der Waals surface area contributed by atoms with Gasteiger partial charge in [0.2, 0.25) is 0 Å². The van der Waals surface area contributed by atoms with Gasteiger partial charge < -0.3 is 10.5 Å². The smallest absolute Gasteiger partial charge is 0.404 e. The molecule has 78 valence electrons. The van der Waals surface area contributed by atoms with Gasteiger partial charge in [-0.2, -0.15) is 0 Å². The molecule has 1 aromatic rings. The van der Waals surface area contributed by atoms with E-state index in [4.69, 9.17) is 5.73 Å². The fourth-order valence-corrected chi connectivity index (χ4v) is 1.09. The summed E-state index contributed by atoms with van der Waals surface area (Å²) in [5.74, 6) is 0. The Morgan fingerprint density at radius 1 is 1.29 bits per heavy atom. The maximum absolute atomic E-state index is 10.2. The average Bonchev–Trinajstić information content (AvgIpc) is 2.14. The molecule has 0 aliphatic heterocycles. The molecule has 1 rings (SSSR count). The van der Waals surface area contributed by atoms with E-state index < -0.39 is 6.09 Å². The summed E-state index contributed by atoms with van der Waals surface area (Å²) in [4.78, 5) is 10.2. The summed E-state index contributed by atoms with van der Waals surface area (Å²) in [7, 11) is 0. The largest absolute Gasteiger partial charge is 0.450 e. The quantitative estimate of drug-likeness (QED) is 0.751. The molecule has 1 amide bonds. The molecule has 0 saturated carbocycles. The molecule has 14 heavy (non-hydrogen) atoms. The maximum atomic E-state index is 10.2. The molecular weight excluding hydrogens is 186 g/mol. The minimum atomic E-state index is -0.701. The van der Waals surface area contributed by atoms with Crippen molar-refractivity contribution in [2.45, 2.75) is 12.8 Å². The summed E-state index contributed by atoms with van der Waals surface area (Å²) in [6.45, 7) is 0.393. The minimum absolute atomic E-state index is 0. The van der Waals surface area contributed by atoms with Crippen LogP contribution in [0.5, 0.6) is 0 Å². The fourth-order valence-electron chi connectivity index (χ4n) is 1.09. The molecule has 2 N–H and O–H groups in total. The van der Waals surface area contributed by atoms with Crippen LogP contribution in [0.3, 0.4) is 0 Å². The maximum Gasteiger partial charge on any atom is 0.404 e. The zero-order valence-electron chi connectivity index (χ0n) is 7.76. The molecule has 0 spiro atoms. The first-order valence-electron chi connectivity index (χ1n) is 4.25. The summed E-state index contributed by atoms with van der Waals surface area (Å²) in [5.41, 5.74) is 6.06. The summed E-state index contributed by atoms with van der Waals surface area (Å²) in [6, 6.07) is 10.0. The molecule has 1 aromatic carbocycles. The number of nitrogens with two attached hydrogens (primary N) is 1. The molecular formula is C10H13NNeO2. The van der Waals surface area contributed by atoms with E-state index in [1.165, 1.54) is 5.56 Å². The van der Waals surface area contributed by atoms with Crippen molar-refractivity contribution >= 4 is 6.09 Å². The summed E-state index contributed by atoms with van der Waals surface area (Å²) in [5, 5.41) is 0. The van der Waals surface area contributed by atoms with Gasteiger partial charge in [-0.3, -0.25) is 0 Å². The third-order valence-corrected chi connectivity index (χ3v) is 1.70. The van der Waals surface area contributed by atoms with Gasteiger partial charge in [0.25, 0.3) is 0 Å². The van der Waals surface area contributed by atoms with E-state index in [2.05, 4.69) is 4.74 Å². The number of carbonyl (C=O) groups is 1. The number of hydrogen-bond donors (Lipinski definition) is 1. The molecule has 0 aromatic heterocycles. The molecule has 3 nitrogen and oxygen atoms in total. The normalized spacial score (nSPS) is 8.86. The van der Waals surface area contributed by atoms with Gasteiger partial charge in [0.05, 0.1) is 6.61 Å². The SMILES string of the molecule is NC(=O)OCCCc1ccccc1.[Ne]. The topological polar surface area (TPSA) is 52.3 Å². The van der Waals surface area contributed by atoms with Crippen LogP contribution in [0.4, 0.5) is 4.79 Å². The second kappa shape index (κ2) is 6.87. The molecule has 0 fully saturated rings. The van der Waals surface area contributed by atoms with E-state index in [0.717, 1.165) is 12.8 Å². The van der Waals surface area contributed by atoms with Crippen LogP contribution >= 0.6 is 0 Å². The molecule has 0 aliphatic carbocycles. The first-order valence-corrected chi connectivity index (χ1v) is 4.25. The van der Waals surface area contributed by atoms with Crippen LogP contribution in [0, 0.1) is 6.15 Å². The number of ether oxygens (including phenoxy) is 1. The average molecular weight is 199 g/mol. The van der Waals surface area contributed by atoms with Crippen LogP contribution in [0.25, 0.3) is 0 Å². The van der Waals surface area contributed by atoms with Gasteiger partial charge in [-0.1, -0.05) is 30.3 Å². The number of hydrogen-bond acceptors (Lipinski definition) is 2. The number of carbonyl (C=O) groups excluding carboxylic acids is 1. The van der Waals surface area contributed by atoms with E-state index in [0.29, 0.717) is 6.61 Å². The van der Waals surface area contributed by atoms with E-state index in [-0.39, 0.29) is 6.15 Å². The van der Waals surface area contributed by atoms with Gasteiger partial charge in [0, 0.05) is 6.15 Å². The molecule has 4 heteroatoms. The summed E-state index contributed by atoms with van der Waals surface area (Å²) < 4.78 is 4.60. The third kappa shape index (κ3) is 5.12. The Balaban J connectivity index is 0.00000169. The first-order chi connectivity index (χ1) is 6.29. The van der Waals surface area contributed by atoms with E-state index in [1.54, 1.807) is 0 Å². The molecule has 0 bridgehead atoms. The van der Waals surface area contributed by atoms with Crippen LogP contribution in [0.15, 0.2) is 30.3 Å². The van der Waals surface area contributed by atoms with Crippen molar-refractivity contribution in [3.8, 4) is 0 Å². The fraction of sp³-hybridized carbons (Fsp3) is 0.300. The number of rotatable bonds is 4. The van der Waals surface area contributed by atoms with Crippen LogP contribution in [0.1, 0.15) is 12.0 Å². The van der Waals surface area contributed by atoms with E-state index in [9.17, 15) is 4.79 Å². The van der Waals surface area contributed by atoms with Crippen molar-refractivity contribution in [2.24, 2.45) is 5.73 Å². The van der Waals surface area contributed by atoms with Gasteiger partial charge >= 0.3 is 6.09 Å². The van der Waals surface area contributed by atoms with Gasteiger partial charge in [0.15, 0.2) is 0 Å². The van der Waals surface area contributed by atoms with Crippen LogP contribution in [-0.2, 0) is 11.2 Å². The minimum Gasteiger partial charge on any atom is -0.450 e. The second-order valence-electron chi connectivity index (χ2n) is 2.76. The van der Waals surface area contributed by atoms with Crippen LogP contribution in [0.2, 0.25) is 0 Å². The monoisotopic (exact) mass is 199 g/mol. The van der Waals surface area contributed by atoms with Gasteiger partial charge in [-0.25, -0.2) is 4.79 Å². The third-order valence-electron chi connectivity index (χ3n) is 1.70. The molecule has 0 heterocycles. The Hall–Kier alpha value is -1.60.